The van der Waals surface area contributed by atoms with Crippen molar-refractivity contribution in [1.82, 2.24) is 4.98 Å². The first-order valence-corrected chi connectivity index (χ1v) is 10.1. The molecule has 6 nitrogen and oxygen atoms in total. The largest absolute Gasteiger partial charge is 0.482 e. The van der Waals surface area contributed by atoms with Crippen LogP contribution in [0.1, 0.15) is 16.1 Å². The number of anilines is 2. The summed E-state index contributed by atoms with van der Waals surface area (Å²) in [6.07, 6.45) is 0. The summed E-state index contributed by atoms with van der Waals surface area (Å²) in [7, 11) is 0. The van der Waals surface area contributed by atoms with Crippen molar-refractivity contribution in [2.75, 3.05) is 23.4 Å². The molecule has 2 aromatic carbocycles. The smallest absolute Gasteiger partial charge is 0.265 e. The molecule has 1 aliphatic rings. The van der Waals surface area contributed by atoms with Crippen LogP contribution in [0.4, 0.5) is 11.4 Å². The SMILES string of the molecule is Cc1cc(C)cc(NC(=O)CN2C(=O)COc3ccc(-c4csc(C)n4)cc32)c1. The molecule has 1 aliphatic heterocycles. The van der Waals surface area contributed by atoms with E-state index in [-0.39, 0.29) is 25.0 Å². The number of nitrogens with one attached hydrogen (secondary N) is 1. The van der Waals surface area contributed by atoms with E-state index in [4.69, 9.17) is 4.74 Å². The van der Waals surface area contributed by atoms with Crippen molar-refractivity contribution >= 4 is 34.5 Å². The summed E-state index contributed by atoms with van der Waals surface area (Å²) in [5.41, 5.74) is 5.16. The summed E-state index contributed by atoms with van der Waals surface area (Å²) in [4.78, 5) is 31.1. The van der Waals surface area contributed by atoms with E-state index in [2.05, 4.69) is 10.3 Å². The van der Waals surface area contributed by atoms with Crippen LogP contribution in [0.25, 0.3) is 11.3 Å². The summed E-state index contributed by atoms with van der Waals surface area (Å²) in [5.74, 6) is 0.0743. The topological polar surface area (TPSA) is 71.5 Å². The molecule has 4 rings (SSSR count). The second-order valence-corrected chi connectivity index (χ2v) is 8.19. The maximum atomic E-state index is 12.7. The van der Waals surface area contributed by atoms with E-state index < -0.39 is 0 Å². The van der Waals surface area contributed by atoms with Crippen LogP contribution in [0.5, 0.6) is 5.75 Å². The van der Waals surface area contributed by atoms with Crippen molar-refractivity contribution in [2.24, 2.45) is 0 Å². The van der Waals surface area contributed by atoms with E-state index in [0.29, 0.717) is 11.4 Å². The summed E-state index contributed by atoms with van der Waals surface area (Å²) in [5, 5.41) is 5.83. The zero-order valence-corrected chi connectivity index (χ0v) is 17.3. The average Bonchev–Trinajstić information content (AvgIpc) is 3.09. The number of hydrogen-bond acceptors (Lipinski definition) is 5. The Morgan fingerprint density at radius 2 is 1.93 bits per heavy atom. The van der Waals surface area contributed by atoms with Gasteiger partial charge in [-0.3, -0.25) is 14.5 Å². The fraction of sp³-hybridized carbons (Fsp3) is 0.227. The van der Waals surface area contributed by atoms with Gasteiger partial charge in [0, 0.05) is 16.6 Å². The lowest BCUT2D eigenvalue weighted by Crippen LogP contribution is -2.43. The molecule has 1 N–H and O–H groups in total. The maximum Gasteiger partial charge on any atom is 0.265 e. The molecule has 0 unspecified atom stereocenters. The molecule has 0 spiro atoms. The number of aryl methyl sites for hydroxylation is 3. The summed E-state index contributed by atoms with van der Waals surface area (Å²) < 4.78 is 5.55. The van der Waals surface area contributed by atoms with Crippen LogP contribution >= 0.6 is 11.3 Å². The molecule has 29 heavy (non-hydrogen) atoms. The van der Waals surface area contributed by atoms with Gasteiger partial charge in [-0.2, -0.15) is 0 Å². The van der Waals surface area contributed by atoms with Gasteiger partial charge < -0.3 is 10.1 Å². The van der Waals surface area contributed by atoms with Gasteiger partial charge in [0.15, 0.2) is 6.61 Å². The standard InChI is InChI=1S/C22H21N3O3S/c1-13-6-14(2)8-17(7-13)24-21(26)10-25-19-9-16(18-12-29-15(3)23-18)4-5-20(19)28-11-22(25)27/h4-9,12H,10-11H2,1-3H3,(H,24,26). The number of fused-ring (bicyclic) bond motifs is 1. The molecule has 0 radical (unpaired) electrons. The highest BCUT2D eigenvalue weighted by atomic mass is 32.1. The third kappa shape index (κ3) is 4.14. The molecule has 0 fully saturated rings. The number of nitrogens with zero attached hydrogens (tertiary/aromatic N) is 2. The molecule has 7 heteroatoms. The van der Waals surface area contributed by atoms with Crippen molar-refractivity contribution in [3.63, 3.8) is 0 Å². The number of hydrogen-bond donors (Lipinski definition) is 1. The molecule has 1 aromatic heterocycles. The van der Waals surface area contributed by atoms with Crippen LogP contribution in [0.15, 0.2) is 41.8 Å². The lowest BCUT2D eigenvalue weighted by atomic mass is 10.1. The third-order valence-corrected chi connectivity index (χ3v) is 5.40. The molecule has 0 atom stereocenters. The lowest BCUT2D eigenvalue weighted by molar-refractivity contribution is -0.123. The molecule has 2 heterocycles. The van der Waals surface area contributed by atoms with Crippen LogP contribution < -0.4 is 15.0 Å². The van der Waals surface area contributed by atoms with Gasteiger partial charge >= 0.3 is 0 Å². The van der Waals surface area contributed by atoms with Crippen molar-refractivity contribution in [2.45, 2.75) is 20.8 Å². The first-order valence-electron chi connectivity index (χ1n) is 9.27. The number of ether oxygens (including phenoxy) is 1. The van der Waals surface area contributed by atoms with Gasteiger partial charge in [0.05, 0.1) is 16.4 Å². The van der Waals surface area contributed by atoms with Crippen molar-refractivity contribution in [3.8, 4) is 17.0 Å². The number of amides is 2. The van der Waals surface area contributed by atoms with Crippen molar-refractivity contribution in [1.29, 1.82) is 0 Å². The van der Waals surface area contributed by atoms with E-state index in [0.717, 1.165) is 33.1 Å². The van der Waals surface area contributed by atoms with Crippen molar-refractivity contribution < 1.29 is 14.3 Å². The van der Waals surface area contributed by atoms with Crippen LogP contribution in [-0.4, -0.2) is 29.9 Å². The van der Waals surface area contributed by atoms with Crippen LogP contribution in [0.2, 0.25) is 0 Å². The molecule has 0 bridgehead atoms. The predicted octanol–water partition coefficient (Wildman–Crippen LogP) is 4.10. The van der Waals surface area contributed by atoms with E-state index in [1.165, 1.54) is 4.90 Å². The van der Waals surface area contributed by atoms with Gasteiger partial charge in [0.25, 0.3) is 5.91 Å². The number of rotatable bonds is 4. The highest BCUT2D eigenvalue weighted by Crippen LogP contribution is 2.36. The van der Waals surface area contributed by atoms with E-state index in [1.54, 1.807) is 11.3 Å². The molecule has 148 valence electrons. The Balaban J connectivity index is 1.59. The molecule has 3 aromatic rings. The highest BCUT2D eigenvalue weighted by Gasteiger charge is 2.28. The summed E-state index contributed by atoms with van der Waals surface area (Å²) in [6.45, 7) is 5.74. The first-order chi connectivity index (χ1) is 13.9. The van der Waals surface area contributed by atoms with E-state index in [1.807, 2.05) is 62.5 Å². The zero-order chi connectivity index (χ0) is 20.5. The quantitative estimate of drug-likeness (QED) is 0.707. The Morgan fingerprint density at radius 1 is 1.17 bits per heavy atom. The molecule has 0 saturated carbocycles. The molecular weight excluding hydrogens is 386 g/mol. The normalized spacial score (nSPS) is 13.1. The van der Waals surface area contributed by atoms with Crippen molar-refractivity contribution in [3.05, 3.63) is 57.9 Å². The number of thiazole rings is 1. The zero-order valence-electron chi connectivity index (χ0n) is 16.5. The number of carbonyl (C=O) groups excluding carboxylic acids is 2. The minimum Gasteiger partial charge on any atom is -0.482 e. The second kappa shape index (κ2) is 7.67. The summed E-state index contributed by atoms with van der Waals surface area (Å²) >= 11 is 1.57. The maximum absolute atomic E-state index is 12.7. The third-order valence-electron chi connectivity index (χ3n) is 4.62. The Kier molecular flexibility index (Phi) is 5.07. The van der Waals surface area contributed by atoms with Gasteiger partial charge in [0.1, 0.15) is 12.3 Å². The van der Waals surface area contributed by atoms with Crippen LogP contribution in [0.3, 0.4) is 0 Å². The fourth-order valence-corrected chi connectivity index (χ4v) is 4.04. The van der Waals surface area contributed by atoms with Gasteiger partial charge in [-0.05, 0) is 62.2 Å². The first kappa shape index (κ1) is 19.1. The number of benzene rings is 2. The molecular formula is C22H21N3O3S. The second-order valence-electron chi connectivity index (χ2n) is 7.13. The highest BCUT2D eigenvalue weighted by molar-refractivity contribution is 7.09. The van der Waals surface area contributed by atoms with E-state index >= 15 is 0 Å². The van der Waals surface area contributed by atoms with E-state index in [9.17, 15) is 9.59 Å². The van der Waals surface area contributed by atoms with Gasteiger partial charge in [0.2, 0.25) is 5.91 Å². The Hall–Kier alpha value is -3.19. The Labute approximate surface area is 173 Å². The molecule has 0 saturated heterocycles. The monoisotopic (exact) mass is 407 g/mol. The average molecular weight is 407 g/mol. The van der Waals surface area contributed by atoms with Gasteiger partial charge in [-0.1, -0.05) is 6.07 Å². The minimum atomic E-state index is -0.258. The van der Waals surface area contributed by atoms with Crippen LogP contribution in [0, 0.1) is 20.8 Å². The molecule has 2 amide bonds. The van der Waals surface area contributed by atoms with Crippen LogP contribution in [-0.2, 0) is 9.59 Å². The number of carbonyl (C=O) groups is 2. The molecule has 0 aliphatic carbocycles. The lowest BCUT2D eigenvalue weighted by Gasteiger charge is -2.29. The Morgan fingerprint density at radius 3 is 2.62 bits per heavy atom. The minimum absolute atomic E-state index is 0.0816. The predicted molar refractivity (Wildman–Crippen MR) is 115 cm³/mol. The van der Waals surface area contributed by atoms with Gasteiger partial charge in [-0.25, -0.2) is 4.98 Å². The Bertz CT molecular complexity index is 1090. The summed E-state index contributed by atoms with van der Waals surface area (Å²) in [6, 6.07) is 11.4. The number of aromatic nitrogens is 1. The van der Waals surface area contributed by atoms with Gasteiger partial charge in [-0.15, -0.1) is 11.3 Å². The fourth-order valence-electron chi connectivity index (χ4n) is 3.42.